The molecule has 0 saturated heterocycles. The van der Waals surface area contributed by atoms with Crippen LogP contribution in [0.3, 0.4) is 0 Å². The molecule has 0 atom stereocenters. The maximum absolute atomic E-state index is 13.2. The van der Waals surface area contributed by atoms with Crippen LogP contribution in [0, 0.1) is 31.0 Å². The molecule has 0 aliphatic heterocycles. The molecule has 0 aliphatic rings. The van der Waals surface area contributed by atoms with Crippen molar-refractivity contribution in [3.05, 3.63) is 87.5 Å². The molecule has 4 nitrogen and oxygen atoms in total. The van der Waals surface area contributed by atoms with E-state index >= 15 is 0 Å². The minimum Gasteiger partial charge on any atom is -0.320 e. The van der Waals surface area contributed by atoms with E-state index in [0.29, 0.717) is 23.0 Å². The summed E-state index contributed by atoms with van der Waals surface area (Å²) < 4.78 is 53.9. The number of hydrogen-bond acceptors (Lipinski definition) is 2. The standard InChI is InChI=1S/C23H16ClF4N3O/c1-13-9-15(14(2)31(13)19-6-4-18(25)5-7-19)10-16(12-29)22(32)30-21-11-17(23(26,27)28)3-8-20(21)24/h3-11H,1-2H3,(H,30,32). The Morgan fingerprint density at radius 1 is 1.12 bits per heavy atom. The first-order chi connectivity index (χ1) is 15.0. The number of anilines is 1. The predicted molar refractivity (Wildman–Crippen MR) is 114 cm³/mol. The van der Waals surface area contributed by atoms with Crippen molar-refractivity contribution >= 4 is 29.3 Å². The Morgan fingerprint density at radius 2 is 1.78 bits per heavy atom. The topological polar surface area (TPSA) is 57.8 Å². The zero-order valence-electron chi connectivity index (χ0n) is 16.9. The third-order valence-electron chi connectivity index (χ3n) is 4.76. The number of nitrogens with zero attached hydrogens (tertiary/aromatic N) is 2. The van der Waals surface area contributed by atoms with E-state index in [1.165, 1.54) is 18.2 Å². The molecular formula is C23H16ClF4N3O. The monoisotopic (exact) mass is 461 g/mol. The lowest BCUT2D eigenvalue weighted by Crippen LogP contribution is -2.15. The highest BCUT2D eigenvalue weighted by Gasteiger charge is 2.31. The molecule has 0 spiro atoms. The van der Waals surface area contributed by atoms with E-state index < -0.39 is 17.6 Å². The number of benzene rings is 2. The largest absolute Gasteiger partial charge is 0.416 e. The highest BCUT2D eigenvalue weighted by Crippen LogP contribution is 2.34. The van der Waals surface area contributed by atoms with Crippen molar-refractivity contribution in [1.82, 2.24) is 4.57 Å². The maximum atomic E-state index is 13.2. The molecule has 0 fully saturated rings. The lowest BCUT2D eigenvalue weighted by Gasteiger charge is -2.11. The summed E-state index contributed by atoms with van der Waals surface area (Å²) in [6, 6.07) is 11.8. The number of carbonyl (C=O) groups excluding carboxylic acids is 1. The van der Waals surface area contributed by atoms with Crippen molar-refractivity contribution in [3.63, 3.8) is 0 Å². The second-order valence-electron chi connectivity index (χ2n) is 6.95. The molecule has 3 rings (SSSR count). The zero-order chi connectivity index (χ0) is 23.6. The molecule has 164 valence electrons. The number of amides is 1. The van der Waals surface area contributed by atoms with Crippen LogP contribution in [0.5, 0.6) is 0 Å². The fourth-order valence-electron chi connectivity index (χ4n) is 3.21. The van der Waals surface area contributed by atoms with E-state index in [9.17, 15) is 27.6 Å². The van der Waals surface area contributed by atoms with Crippen LogP contribution >= 0.6 is 11.6 Å². The van der Waals surface area contributed by atoms with Crippen molar-refractivity contribution in [2.75, 3.05) is 5.32 Å². The molecule has 1 heterocycles. The van der Waals surface area contributed by atoms with Crippen LogP contribution < -0.4 is 5.32 Å². The third kappa shape index (κ3) is 4.84. The number of aryl methyl sites for hydroxylation is 1. The van der Waals surface area contributed by atoms with E-state index in [0.717, 1.165) is 17.8 Å². The van der Waals surface area contributed by atoms with E-state index in [1.54, 1.807) is 31.2 Å². The van der Waals surface area contributed by atoms with Crippen LogP contribution in [-0.2, 0) is 11.0 Å². The Bertz CT molecular complexity index is 1250. The van der Waals surface area contributed by atoms with E-state index in [-0.39, 0.29) is 22.1 Å². The molecule has 0 bridgehead atoms. The van der Waals surface area contributed by atoms with Crippen LogP contribution in [0.2, 0.25) is 5.02 Å². The van der Waals surface area contributed by atoms with Gasteiger partial charge in [-0.1, -0.05) is 11.6 Å². The summed E-state index contributed by atoms with van der Waals surface area (Å²) in [7, 11) is 0. The molecule has 0 aliphatic carbocycles. The van der Waals surface area contributed by atoms with Gasteiger partial charge in [-0.15, -0.1) is 0 Å². The summed E-state index contributed by atoms with van der Waals surface area (Å²) >= 11 is 5.91. The van der Waals surface area contributed by atoms with E-state index in [1.807, 2.05) is 11.5 Å². The Kier molecular flexibility index (Phi) is 6.42. The number of nitriles is 1. The van der Waals surface area contributed by atoms with Crippen molar-refractivity contribution in [2.24, 2.45) is 0 Å². The zero-order valence-corrected chi connectivity index (χ0v) is 17.6. The van der Waals surface area contributed by atoms with Crippen molar-refractivity contribution < 1.29 is 22.4 Å². The fourth-order valence-corrected chi connectivity index (χ4v) is 3.38. The summed E-state index contributed by atoms with van der Waals surface area (Å²) in [4.78, 5) is 12.6. The molecule has 1 N–H and O–H groups in total. The third-order valence-corrected chi connectivity index (χ3v) is 5.09. The van der Waals surface area contributed by atoms with Gasteiger partial charge in [-0.25, -0.2) is 4.39 Å². The van der Waals surface area contributed by atoms with Crippen LogP contribution in [0.4, 0.5) is 23.2 Å². The van der Waals surface area contributed by atoms with Crippen molar-refractivity contribution in [2.45, 2.75) is 20.0 Å². The predicted octanol–water partition coefficient (Wildman–Crippen LogP) is 6.45. The molecule has 1 aromatic heterocycles. The molecule has 0 radical (unpaired) electrons. The van der Waals surface area contributed by atoms with Crippen LogP contribution in [-0.4, -0.2) is 10.5 Å². The van der Waals surface area contributed by atoms with Crippen LogP contribution in [0.15, 0.2) is 54.1 Å². The highest BCUT2D eigenvalue weighted by atomic mass is 35.5. The van der Waals surface area contributed by atoms with Crippen LogP contribution in [0.25, 0.3) is 11.8 Å². The molecule has 32 heavy (non-hydrogen) atoms. The van der Waals surface area contributed by atoms with Gasteiger partial charge in [-0.3, -0.25) is 4.79 Å². The van der Waals surface area contributed by atoms with Gasteiger partial charge in [-0.05, 0) is 74.0 Å². The van der Waals surface area contributed by atoms with Crippen LogP contribution in [0.1, 0.15) is 22.5 Å². The Balaban J connectivity index is 1.94. The maximum Gasteiger partial charge on any atom is 0.416 e. The molecule has 0 saturated carbocycles. The van der Waals surface area contributed by atoms with Gasteiger partial charge in [0.05, 0.1) is 16.3 Å². The summed E-state index contributed by atoms with van der Waals surface area (Å²) in [5.41, 5.74) is 1.14. The fraction of sp³-hybridized carbons (Fsp3) is 0.130. The molecular weight excluding hydrogens is 446 g/mol. The number of halogens is 5. The lowest BCUT2D eigenvalue weighted by atomic mass is 10.1. The second kappa shape index (κ2) is 8.89. The Labute approximate surface area is 186 Å². The minimum atomic E-state index is -4.62. The normalized spacial score (nSPS) is 11.9. The van der Waals surface area contributed by atoms with E-state index in [2.05, 4.69) is 5.32 Å². The van der Waals surface area contributed by atoms with Crippen molar-refractivity contribution in [1.29, 1.82) is 5.26 Å². The van der Waals surface area contributed by atoms with Crippen molar-refractivity contribution in [3.8, 4) is 11.8 Å². The Hall–Kier alpha value is -3.57. The van der Waals surface area contributed by atoms with Gasteiger partial charge in [0.25, 0.3) is 5.91 Å². The summed E-state index contributed by atoms with van der Waals surface area (Å²) in [5, 5.41) is 11.6. The number of hydrogen-bond donors (Lipinski definition) is 1. The number of alkyl halides is 3. The lowest BCUT2D eigenvalue weighted by molar-refractivity contribution is -0.137. The number of rotatable bonds is 4. The number of nitrogens with one attached hydrogen (secondary N) is 1. The first kappa shape index (κ1) is 23.1. The average molecular weight is 462 g/mol. The smallest absolute Gasteiger partial charge is 0.320 e. The van der Waals surface area contributed by atoms with E-state index in [4.69, 9.17) is 11.6 Å². The first-order valence-corrected chi connectivity index (χ1v) is 9.64. The number of aromatic nitrogens is 1. The van der Waals surface area contributed by atoms with Gasteiger partial charge >= 0.3 is 6.18 Å². The van der Waals surface area contributed by atoms with Gasteiger partial charge in [-0.2, -0.15) is 18.4 Å². The van der Waals surface area contributed by atoms with Gasteiger partial charge in [0, 0.05) is 17.1 Å². The van der Waals surface area contributed by atoms with Gasteiger partial charge in [0.15, 0.2) is 0 Å². The summed E-state index contributed by atoms with van der Waals surface area (Å²) in [6.07, 6.45) is -3.28. The average Bonchev–Trinajstić information content (AvgIpc) is 3.00. The summed E-state index contributed by atoms with van der Waals surface area (Å²) in [6.45, 7) is 3.57. The molecule has 1 amide bonds. The molecule has 9 heteroatoms. The highest BCUT2D eigenvalue weighted by molar-refractivity contribution is 6.34. The SMILES string of the molecule is Cc1cc(C=C(C#N)C(=O)Nc2cc(C(F)(F)F)ccc2Cl)c(C)n1-c1ccc(F)cc1. The summed E-state index contributed by atoms with van der Waals surface area (Å²) in [5.74, 6) is -1.28. The number of carbonyl (C=O) groups is 1. The minimum absolute atomic E-state index is 0.0990. The molecule has 0 unspecified atom stereocenters. The molecule has 2 aromatic carbocycles. The van der Waals surface area contributed by atoms with Gasteiger partial charge < -0.3 is 9.88 Å². The second-order valence-corrected chi connectivity index (χ2v) is 7.36. The van der Waals surface area contributed by atoms with Gasteiger partial charge in [0.2, 0.25) is 0 Å². The quantitative estimate of drug-likeness (QED) is 0.276. The Morgan fingerprint density at radius 3 is 2.38 bits per heavy atom. The first-order valence-electron chi connectivity index (χ1n) is 9.26. The molecule has 3 aromatic rings. The van der Waals surface area contributed by atoms with Gasteiger partial charge in [0.1, 0.15) is 17.5 Å².